The number of unbranched alkanes of at least 4 members (excludes halogenated alkanes) is 8. The Morgan fingerprint density at radius 1 is 0.727 bits per heavy atom. The van der Waals surface area contributed by atoms with E-state index in [0.717, 1.165) is 18.4 Å². The van der Waals surface area contributed by atoms with Gasteiger partial charge in [0.25, 0.3) is 0 Å². The molecule has 0 aliphatic heterocycles. The van der Waals surface area contributed by atoms with Crippen molar-refractivity contribution in [1.29, 1.82) is 0 Å². The van der Waals surface area contributed by atoms with E-state index in [-0.39, 0.29) is 19.4 Å². The van der Waals surface area contributed by atoms with E-state index in [9.17, 15) is 8.78 Å². The molecule has 1 heterocycles. The highest BCUT2D eigenvalue weighted by atomic mass is 19.2. The highest BCUT2D eigenvalue weighted by molar-refractivity contribution is 5.55. The fraction of sp³-hybridized carbons (Fsp3) is 0.643. The molecule has 0 bridgehead atoms. The van der Waals surface area contributed by atoms with E-state index in [4.69, 9.17) is 4.74 Å². The van der Waals surface area contributed by atoms with Crippen molar-refractivity contribution in [2.45, 2.75) is 110 Å². The van der Waals surface area contributed by atoms with Gasteiger partial charge in [-0.25, -0.2) is 18.7 Å². The molecule has 1 aromatic heterocycles. The molecule has 0 aliphatic carbocycles. The quantitative estimate of drug-likeness (QED) is 0.209. The maximum absolute atomic E-state index is 13.8. The van der Waals surface area contributed by atoms with Gasteiger partial charge in [0.2, 0.25) is 0 Å². The molecule has 2 unspecified atom stereocenters. The molecule has 0 N–H and O–H groups in total. The summed E-state index contributed by atoms with van der Waals surface area (Å²) >= 11 is 0. The van der Waals surface area contributed by atoms with Crippen molar-refractivity contribution in [1.82, 2.24) is 9.97 Å². The highest BCUT2D eigenvalue weighted by Gasteiger charge is 2.19. The predicted molar refractivity (Wildman–Crippen MR) is 133 cm³/mol. The lowest BCUT2D eigenvalue weighted by Crippen LogP contribution is -2.20. The van der Waals surface area contributed by atoms with E-state index < -0.39 is 12.3 Å². The summed E-state index contributed by atoms with van der Waals surface area (Å²) in [7, 11) is 0. The topological polar surface area (TPSA) is 35.0 Å². The van der Waals surface area contributed by atoms with Crippen LogP contribution in [-0.2, 0) is 6.42 Å². The zero-order chi connectivity index (χ0) is 23.7. The first kappa shape index (κ1) is 27.2. The first-order valence-corrected chi connectivity index (χ1v) is 13.0. The molecule has 5 heteroatoms. The average molecular weight is 461 g/mol. The van der Waals surface area contributed by atoms with Crippen molar-refractivity contribution in [3.8, 4) is 17.1 Å². The second kappa shape index (κ2) is 16.6. The Bertz CT molecular complexity index is 737. The van der Waals surface area contributed by atoms with Gasteiger partial charge in [0.05, 0.1) is 19.0 Å². The summed E-state index contributed by atoms with van der Waals surface area (Å²) < 4.78 is 33.0. The molecule has 0 spiro atoms. The van der Waals surface area contributed by atoms with Crippen LogP contribution in [0.4, 0.5) is 8.78 Å². The molecule has 0 fully saturated rings. The van der Waals surface area contributed by atoms with Gasteiger partial charge in [-0.3, -0.25) is 0 Å². The van der Waals surface area contributed by atoms with Crippen molar-refractivity contribution < 1.29 is 13.5 Å². The lowest BCUT2D eigenvalue weighted by atomic mass is 10.0. The molecule has 2 aromatic rings. The third-order valence-corrected chi connectivity index (χ3v) is 6.05. The number of hydrogen-bond donors (Lipinski definition) is 0. The van der Waals surface area contributed by atoms with E-state index in [1.54, 1.807) is 12.4 Å². The molecular weight excluding hydrogens is 418 g/mol. The minimum atomic E-state index is -1.49. The van der Waals surface area contributed by atoms with Crippen LogP contribution in [0.5, 0.6) is 5.75 Å². The number of rotatable bonds is 18. The minimum absolute atomic E-state index is 0.0347. The standard InChI is InChI=1S/C28H42F2N2O/c1-3-5-7-8-9-10-11-12-13-23-15-17-24(18-16-23)28-31-21-25(22-32-28)33-20-19-27(30)26(29)14-6-4-2/h15-18,21-22,26-27H,3-14,19-20H2,1-2H3. The van der Waals surface area contributed by atoms with Gasteiger partial charge < -0.3 is 4.74 Å². The molecule has 184 valence electrons. The van der Waals surface area contributed by atoms with Crippen LogP contribution in [0.1, 0.15) is 96.5 Å². The summed E-state index contributed by atoms with van der Waals surface area (Å²) in [5.74, 6) is 1.11. The molecule has 0 aliphatic rings. The van der Waals surface area contributed by atoms with Gasteiger partial charge >= 0.3 is 0 Å². The van der Waals surface area contributed by atoms with Crippen molar-refractivity contribution in [2.75, 3.05) is 6.61 Å². The molecule has 0 radical (unpaired) electrons. The summed E-state index contributed by atoms with van der Waals surface area (Å²) in [5, 5.41) is 0. The van der Waals surface area contributed by atoms with E-state index >= 15 is 0 Å². The third kappa shape index (κ3) is 11.1. The van der Waals surface area contributed by atoms with Crippen molar-refractivity contribution in [3.05, 3.63) is 42.2 Å². The van der Waals surface area contributed by atoms with Crippen molar-refractivity contribution in [3.63, 3.8) is 0 Å². The third-order valence-electron chi connectivity index (χ3n) is 6.05. The summed E-state index contributed by atoms with van der Waals surface area (Å²) in [6.07, 6.45) is 13.9. The number of hydrogen-bond acceptors (Lipinski definition) is 3. The average Bonchev–Trinajstić information content (AvgIpc) is 2.85. The van der Waals surface area contributed by atoms with E-state index in [2.05, 4.69) is 41.2 Å². The second-order valence-corrected chi connectivity index (χ2v) is 8.98. The van der Waals surface area contributed by atoms with Gasteiger partial charge in [-0.1, -0.05) is 95.9 Å². The Morgan fingerprint density at radius 3 is 1.94 bits per heavy atom. The largest absolute Gasteiger partial charge is 0.490 e. The molecule has 0 amide bonds. The lowest BCUT2D eigenvalue weighted by Gasteiger charge is -2.13. The van der Waals surface area contributed by atoms with Crippen LogP contribution in [0.2, 0.25) is 0 Å². The monoisotopic (exact) mass is 460 g/mol. The maximum Gasteiger partial charge on any atom is 0.159 e. The molecule has 2 atom stereocenters. The van der Waals surface area contributed by atoms with Crippen LogP contribution in [-0.4, -0.2) is 28.9 Å². The normalized spacial score (nSPS) is 13.1. The van der Waals surface area contributed by atoms with E-state index in [1.807, 2.05) is 6.92 Å². The van der Waals surface area contributed by atoms with Gasteiger partial charge in [0, 0.05) is 12.0 Å². The first-order chi connectivity index (χ1) is 16.1. The molecule has 3 nitrogen and oxygen atoms in total. The fourth-order valence-electron chi connectivity index (χ4n) is 3.87. The van der Waals surface area contributed by atoms with Crippen LogP contribution < -0.4 is 4.74 Å². The van der Waals surface area contributed by atoms with Gasteiger partial charge in [-0.15, -0.1) is 0 Å². The highest BCUT2D eigenvalue weighted by Crippen LogP contribution is 2.20. The smallest absolute Gasteiger partial charge is 0.159 e. The number of aromatic nitrogens is 2. The number of aryl methyl sites for hydroxylation is 1. The van der Waals surface area contributed by atoms with Crippen LogP contribution >= 0.6 is 0 Å². The lowest BCUT2D eigenvalue weighted by molar-refractivity contribution is 0.128. The molecular formula is C28H42F2N2O. The number of halogens is 2. The zero-order valence-electron chi connectivity index (χ0n) is 20.6. The Hall–Kier alpha value is -2.04. The summed E-state index contributed by atoms with van der Waals surface area (Å²) in [6, 6.07) is 8.41. The maximum atomic E-state index is 13.8. The minimum Gasteiger partial charge on any atom is -0.490 e. The summed E-state index contributed by atoms with van der Waals surface area (Å²) in [4.78, 5) is 8.73. The number of benzene rings is 1. The first-order valence-electron chi connectivity index (χ1n) is 13.0. The van der Waals surface area contributed by atoms with E-state index in [0.29, 0.717) is 18.0 Å². The number of ether oxygens (including phenoxy) is 1. The number of nitrogens with zero attached hydrogens (tertiary/aromatic N) is 2. The van der Waals surface area contributed by atoms with Gasteiger partial charge in [0.15, 0.2) is 11.6 Å². The zero-order valence-corrected chi connectivity index (χ0v) is 20.6. The Kier molecular flexibility index (Phi) is 13.6. The Morgan fingerprint density at radius 2 is 1.30 bits per heavy atom. The summed E-state index contributed by atoms with van der Waals surface area (Å²) in [5.41, 5.74) is 2.30. The molecule has 2 rings (SSSR count). The molecule has 0 saturated heterocycles. The molecule has 0 saturated carbocycles. The molecule has 1 aromatic carbocycles. The van der Waals surface area contributed by atoms with Gasteiger partial charge in [0.1, 0.15) is 12.3 Å². The van der Waals surface area contributed by atoms with Crippen LogP contribution in [0.25, 0.3) is 11.4 Å². The van der Waals surface area contributed by atoms with Gasteiger partial charge in [-0.2, -0.15) is 0 Å². The fourth-order valence-corrected chi connectivity index (χ4v) is 3.87. The Balaban J connectivity index is 1.68. The van der Waals surface area contributed by atoms with Gasteiger partial charge in [-0.05, 0) is 24.8 Å². The van der Waals surface area contributed by atoms with Crippen molar-refractivity contribution >= 4 is 0 Å². The Labute approximate surface area is 199 Å². The van der Waals surface area contributed by atoms with Crippen molar-refractivity contribution in [2.24, 2.45) is 0 Å². The summed E-state index contributed by atoms with van der Waals surface area (Å²) in [6.45, 7) is 4.34. The molecule has 33 heavy (non-hydrogen) atoms. The SMILES string of the molecule is CCCCCCCCCCc1ccc(-c2ncc(OCCC(F)C(F)CCCC)cn2)cc1. The van der Waals surface area contributed by atoms with Crippen LogP contribution in [0.15, 0.2) is 36.7 Å². The predicted octanol–water partition coefficient (Wildman–Crippen LogP) is 8.46. The van der Waals surface area contributed by atoms with Crippen LogP contribution in [0.3, 0.4) is 0 Å². The van der Waals surface area contributed by atoms with Crippen LogP contribution in [0, 0.1) is 0 Å². The number of alkyl halides is 2. The second-order valence-electron chi connectivity index (χ2n) is 8.98. The van der Waals surface area contributed by atoms with E-state index in [1.165, 1.54) is 56.9 Å².